The Morgan fingerprint density at radius 1 is 1.15 bits per heavy atom. The van der Waals surface area contributed by atoms with E-state index in [-0.39, 0.29) is 11.9 Å². The number of hydrogen-bond acceptors (Lipinski definition) is 8. The van der Waals surface area contributed by atoms with Crippen LogP contribution in [0.25, 0.3) is 16.5 Å². The Hall–Kier alpha value is -4.12. The topological polar surface area (TPSA) is 111 Å². The molecule has 0 spiro atoms. The van der Waals surface area contributed by atoms with Gasteiger partial charge in [-0.15, -0.1) is 0 Å². The first-order valence-corrected chi connectivity index (χ1v) is 13.6. The van der Waals surface area contributed by atoms with E-state index in [0.29, 0.717) is 19.0 Å². The van der Waals surface area contributed by atoms with Crippen LogP contribution in [0.2, 0.25) is 0 Å². The molecule has 0 bridgehead atoms. The number of carbonyl (C=O) groups is 1. The summed E-state index contributed by atoms with van der Waals surface area (Å²) in [5, 5.41) is 14.6. The van der Waals surface area contributed by atoms with Crippen LogP contribution < -0.4 is 10.6 Å². The minimum absolute atomic E-state index is 0.0347. The van der Waals surface area contributed by atoms with E-state index in [1.165, 1.54) is 0 Å². The maximum absolute atomic E-state index is 13.5. The first-order valence-electron chi connectivity index (χ1n) is 13.6. The third-order valence-corrected chi connectivity index (χ3v) is 7.76. The van der Waals surface area contributed by atoms with Crippen molar-refractivity contribution in [2.45, 2.75) is 19.4 Å². The van der Waals surface area contributed by atoms with Gasteiger partial charge in [0.1, 0.15) is 6.04 Å². The van der Waals surface area contributed by atoms with Crippen molar-refractivity contribution >= 4 is 39.7 Å². The van der Waals surface area contributed by atoms with Gasteiger partial charge in [0, 0.05) is 61.8 Å². The van der Waals surface area contributed by atoms with Crippen molar-refractivity contribution in [1.82, 2.24) is 30.0 Å². The summed E-state index contributed by atoms with van der Waals surface area (Å²) in [4.78, 5) is 27.4. The van der Waals surface area contributed by atoms with Crippen LogP contribution in [0.1, 0.15) is 22.4 Å². The van der Waals surface area contributed by atoms with Crippen LogP contribution in [0.15, 0.2) is 54.9 Å². The van der Waals surface area contributed by atoms with Gasteiger partial charge in [0.05, 0.1) is 24.0 Å². The smallest absolute Gasteiger partial charge is 0.244 e. The number of allylic oxidation sites excluding steroid dienone is 1. The summed E-state index contributed by atoms with van der Waals surface area (Å²) in [7, 11) is 3.76. The molecule has 1 fully saturated rings. The summed E-state index contributed by atoms with van der Waals surface area (Å²) >= 11 is 0. The Labute approximate surface area is 233 Å². The van der Waals surface area contributed by atoms with Crippen molar-refractivity contribution < 1.29 is 9.53 Å². The average molecular weight is 539 g/mol. The Bertz CT molecular complexity index is 1570. The number of aryl methyl sites for hydroxylation is 1. The Kier molecular flexibility index (Phi) is 7.29. The molecule has 40 heavy (non-hydrogen) atoms. The number of H-pyrrole nitrogens is 1. The molecule has 1 amide bonds. The summed E-state index contributed by atoms with van der Waals surface area (Å²) in [5.41, 5.74) is 7.78. The van der Waals surface area contributed by atoms with Crippen molar-refractivity contribution in [3.05, 3.63) is 77.3 Å². The number of rotatable bonds is 8. The van der Waals surface area contributed by atoms with Gasteiger partial charge in [-0.2, -0.15) is 5.10 Å². The lowest BCUT2D eigenvalue weighted by molar-refractivity contribution is -0.124. The van der Waals surface area contributed by atoms with Gasteiger partial charge < -0.3 is 20.3 Å². The molecule has 0 saturated carbocycles. The average Bonchev–Trinajstić information content (AvgIpc) is 3.61. The number of nitrogens with one attached hydrogen (secondary N) is 3. The van der Waals surface area contributed by atoms with E-state index in [1.807, 2.05) is 43.5 Å². The lowest BCUT2D eigenvalue weighted by Gasteiger charge is -2.36. The molecule has 1 aliphatic heterocycles. The second-order valence-corrected chi connectivity index (χ2v) is 10.5. The molecule has 0 radical (unpaired) electrons. The highest BCUT2D eigenvalue weighted by atomic mass is 16.5. The minimum atomic E-state index is -0.331. The molecule has 1 atom stereocenters. The molecule has 3 heterocycles. The van der Waals surface area contributed by atoms with Crippen LogP contribution in [-0.2, 0) is 16.0 Å². The van der Waals surface area contributed by atoms with Crippen molar-refractivity contribution in [2.75, 3.05) is 57.6 Å². The van der Waals surface area contributed by atoms with Crippen LogP contribution >= 0.6 is 0 Å². The fourth-order valence-electron chi connectivity index (χ4n) is 5.49. The monoisotopic (exact) mass is 538 g/mol. The van der Waals surface area contributed by atoms with Crippen molar-refractivity contribution in [3.63, 3.8) is 0 Å². The number of benzene rings is 2. The van der Waals surface area contributed by atoms with Gasteiger partial charge in [0.25, 0.3) is 0 Å². The van der Waals surface area contributed by atoms with Gasteiger partial charge in [-0.3, -0.25) is 14.8 Å². The predicted octanol–water partition coefficient (Wildman–Crippen LogP) is 3.59. The molecule has 1 aliphatic carbocycles. The molecule has 4 aromatic rings. The van der Waals surface area contributed by atoms with Gasteiger partial charge in [-0.25, -0.2) is 9.97 Å². The minimum Gasteiger partial charge on any atom is -0.383 e. The molecular formula is C30H34N8O2. The van der Waals surface area contributed by atoms with Crippen LogP contribution in [0.4, 0.5) is 17.3 Å². The molecule has 10 heteroatoms. The second-order valence-electron chi connectivity index (χ2n) is 10.5. The van der Waals surface area contributed by atoms with Gasteiger partial charge in [-0.05, 0) is 61.3 Å². The van der Waals surface area contributed by atoms with Gasteiger partial charge in [0.15, 0.2) is 0 Å². The fourth-order valence-corrected chi connectivity index (χ4v) is 5.49. The van der Waals surface area contributed by atoms with Crippen molar-refractivity contribution in [3.8, 4) is 0 Å². The number of methoxy groups -OCH3 is 1. The Morgan fingerprint density at radius 2 is 2.00 bits per heavy atom. The number of likely N-dealkylation sites (N-methyl/N-ethyl adjacent to an activating group) is 1. The van der Waals surface area contributed by atoms with E-state index < -0.39 is 0 Å². The van der Waals surface area contributed by atoms with Gasteiger partial charge in [-0.1, -0.05) is 18.2 Å². The number of anilines is 3. The number of aromatic amines is 1. The van der Waals surface area contributed by atoms with Crippen molar-refractivity contribution in [2.24, 2.45) is 0 Å². The lowest BCUT2D eigenvalue weighted by atomic mass is 9.99. The van der Waals surface area contributed by atoms with E-state index in [0.717, 1.165) is 76.4 Å². The third-order valence-electron chi connectivity index (χ3n) is 7.76. The van der Waals surface area contributed by atoms with E-state index in [2.05, 4.69) is 54.8 Å². The number of ether oxygens (including phenoxy) is 1. The molecular weight excluding hydrogens is 504 g/mol. The van der Waals surface area contributed by atoms with Gasteiger partial charge in [0.2, 0.25) is 11.9 Å². The highest BCUT2D eigenvalue weighted by Crippen LogP contribution is 2.37. The van der Waals surface area contributed by atoms with E-state index in [1.54, 1.807) is 13.3 Å². The van der Waals surface area contributed by atoms with Crippen LogP contribution in [0.5, 0.6) is 0 Å². The molecule has 0 unspecified atom stereocenters. The van der Waals surface area contributed by atoms with E-state index >= 15 is 0 Å². The number of piperazine rings is 1. The predicted molar refractivity (Wildman–Crippen MR) is 157 cm³/mol. The normalized spacial score (nSPS) is 16.5. The molecule has 10 nitrogen and oxygen atoms in total. The lowest BCUT2D eigenvalue weighted by Crippen LogP contribution is -2.54. The number of hydrogen-bond donors (Lipinski definition) is 3. The zero-order chi connectivity index (χ0) is 27.6. The van der Waals surface area contributed by atoms with Gasteiger partial charge >= 0.3 is 0 Å². The molecule has 2 aromatic heterocycles. The number of nitrogens with zero attached hydrogens (tertiary/aromatic N) is 5. The molecule has 2 aromatic carbocycles. The number of fused-ring (bicyclic) bond motifs is 2. The van der Waals surface area contributed by atoms with Crippen LogP contribution in [0, 0.1) is 6.92 Å². The highest BCUT2D eigenvalue weighted by Gasteiger charge is 2.30. The molecule has 206 valence electrons. The molecule has 6 rings (SSSR count). The summed E-state index contributed by atoms with van der Waals surface area (Å²) in [6.07, 6.45) is 6.54. The summed E-state index contributed by atoms with van der Waals surface area (Å²) in [5.74, 6) is 0.490. The first-order chi connectivity index (χ1) is 19.5. The largest absolute Gasteiger partial charge is 0.383 e. The molecule has 2 aliphatic rings. The quantitative estimate of drug-likeness (QED) is 0.312. The standard InChI is InChI=1S/C30H34N8O2/c1-19-16-31-30(33-21-7-10-25-20(15-21)17-32-36-25)35-28(19)24-9-8-23-22(24)5-4-6-26(23)34-29(39)27(18-40-3)38-13-11-37(2)12-14-38/h4-7,9-10,15-17,27H,8,11-14,18H2,1-3H3,(H,32,36)(H,34,39)(H,31,33,35)/t27-/m1/s1. The van der Waals surface area contributed by atoms with Crippen LogP contribution in [-0.4, -0.2) is 88.9 Å². The maximum Gasteiger partial charge on any atom is 0.244 e. The number of aromatic nitrogens is 4. The maximum atomic E-state index is 13.5. The zero-order valence-corrected chi connectivity index (χ0v) is 23.1. The Balaban J connectivity index is 1.22. The SMILES string of the molecule is COC[C@H](C(=O)Nc1cccc2c1CC=C2c1nc(Nc2ccc3[nH]ncc3c2)ncc1C)N1CCN(C)CC1. The zero-order valence-electron chi connectivity index (χ0n) is 23.1. The number of carbonyl (C=O) groups excluding carboxylic acids is 1. The van der Waals surface area contributed by atoms with E-state index in [4.69, 9.17) is 9.72 Å². The second kappa shape index (κ2) is 11.2. The fraction of sp³-hybridized carbons (Fsp3) is 0.333. The summed E-state index contributed by atoms with van der Waals surface area (Å²) < 4.78 is 5.44. The summed E-state index contributed by atoms with van der Waals surface area (Å²) in [6.45, 7) is 5.94. The highest BCUT2D eigenvalue weighted by molar-refractivity contribution is 5.98. The van der Waals surface area contributed by atoms with Crippen LogP contribution in [0.3, 0.4) is 0 Å². The number of amides is 1. The molecule has 3 N–H and O–H groups in total. The van der Waals surface area contributed by atoms with Crippen molar-refractivity contribution in [1.29, 1.82) is 0 Å². The summed E-state index contributed by atoms with van der Waals surface area (Å²) in [6, 6.07) is 11.7. The van der Waals surface area contributed by atoms with E-state index in [9.17, 15) is 4.79 Å². The Morgan fingerprint density at radius 3 is 2.83 bits per heavy atom. The first kappa shape index (κ1) is 26.1. The molecule has 1 saturated heterocycles. The third kappa shape index (κ3) is 5.21.